The number of carboxylic acids is 1. The van der Waals surface area contributed by atoms with E-state index in [1.807, 2.05) is 0 Å². The SMILES string of the molecule is CC(C)(Nc1ccc(CNC(=O)[C@@H]2SCCN2C(=O)C[C@H](N)Cc2cc(F)c(F)cc2F)cc1)C(=O)O.Cl. The molecule has 2 aromatic rings. The lowest BCUT2D eigenvalue weighted by Gasteiger charge is -2.25. The van der Waals surface area contributed by atoms with Crippen LogP contribution < -0.4 is 16.4 Å². The zero-order valence-electron chi connectivity index (χ0n) is 20.8. The van der Waals surface area contributed by atoms with Crippen molar-refractivity contribution in [3.63, 3.8) is 0 Å². The van der Waals surface area contributed by atoms with Gasteiger partial charge in [-0.15, -0.1) is 24.2 Å². The first-order chi connectivity index (χ1) is 17.4. The van der Waals surface area contributed by atoms with Gasteiger partial charge in [0.1, 0.15) is 11.4 Å². The number of hydrogen-bond acceptors (Lipinski definition) is 6. The predicted octanol–water partition coefficient (Wildman–Crippen LogP) is 3.28. The molecule has 0 bridgehead atoms. The third-order valence-electron chi connectivity index (χ3n) is 5.86. The van der Waals surface area contributed by atoms with Crippen molar-refractivity contribution in [1.82, 2.24) is 10.2 Å². The molecule has 0 unspecified atom stereocenters. The number of anilines is 1. The van der Waals surface area contributed by atoms with Gasteiger partial charge >= 0.3 is 5.97 Å². The van der Waals surface area contributed by atoms with Gasteiger partial charge in [0.05, 0.1) is 0 Å². The van der Waals surface area contributed by atoms with Crippen LogP contribution in [0.1, 0.15) is 31.4 Å². The molecule has 5 N–H and O–H groups in total. The van der Waals surface area contributed by atoms with E-state index in [1.54, 1.807) is 38.1 Å². The van der Waals surface area contributed by atoms with Crippen LogP contribution >= 0.6 is 24.2 Å². The Balaban J connectivity index is 0.00000507. The Labute approximate surface area is 228 Å². The highest BCUT2D eigenvalue weighted by atomic mass is 35.5. The molecular weight excluding hydrogens is 545 g/mol. The van der Waals surface area contributed by atoms with Crippen molar-refractivity contribution in [3.8, 4) is 0 Å². The summed E-state index contributed by atoms with van der Waals surface area (Å²) >= 11 is 1.31. The quantitative estimate of drug-likeness (QED) is 0.321. The molecule has 3 rings (SSSR count). The number of carbonyl (C=O) groups excluding carboxylic acids is 2. The highest BCUT2D eigenvalue weighted by molar-refractivity contribution is 8.00. The molecule has 1 aliphatic heterocycles. The number of halogens is 4. The minimum atomic E-state index is -1.30. The number of nitrogens with one attached hydrogen (secondary N) is 2. The van der Waals surface area contributed by atoms with Crippen LogP contribution in [0.15, 0.2) is 36.4 Å². The molecule has 1 aliphatic rings. The first-order valence-corrected chi connectivity index (χ1v) is 12.6. The van der Waals surface area contributed by atoms with E-state index in [4.69, 9.17) is 5.73 Å². The van der Waals surface area contributed by atoms with E-state index >= 15 is 0 Å². The van der Waals surface area contributed by atoms with Crippen LogP contribution in [0.2, 0.25) is 0 Å². The number of carbonyl (C=O) groups is 3. The zero-order valence-corrected chi connectivity index (χ0v) is 22.4. The van der Waals surface area contributed by atoms with Gasteiger partial charge < -0.3 is 26.4 Å². The molecule has 2 amide bonds. The van der Waals surface area contributed by atoms with Crippen molar-refractivity contribution in [2.24, 2.45) is 5.73 Å². The van der Waals surface area contributed by atoms with E-state index in [-0.39, 0.29) is 43.3 Å². The fourth-order valence-corrected chi connectivity index (χ4v) is 4.92. The Hall–Kier alpha value is -2.96. The molecule has 1 saturated heterocycles. The molecule has 1 heterocycles. The second-order valence-corrected chi connectivity index (χ2v) is 10.5. The maximum atomic E-state index is 13.9. The largest absolute Gasteiger partial charge is 0.480 e. The summed E-state index contributed by atoms with van der Waals surface area (Å²) in [5, 5.41) is 14.2. The van der Waals surface area contributed by atoms with Crippen LogP contribution in [-0.4, -0.2) is 57.0 Å². The molecule has 2 aromatic carbocycles. The monoisotopic (exact) mass is 574 g/mol. The van der Waals surface area contributed by atoms with E-state index in [9.17, 15) is 32.7 Å². The predicted molar refractivity (Wildman–Crippen MR) is 141 cm³/mol. The first kappa shape index (κ1) is 31.3. The number of hydrogen-bond donors (Lipinski definition) is 4. The van der Waals surface area contributed by atoms with E-state index < -0.39 is 46.3 Å². The van der Waals surface area contributed by atoms with Crippen LogP contribution in [0.25, 0.3) is 0 Å². The van der Waals surface area contributed by atoms with E-state index in [1.165, 1.54) is 16.7 Å². The normalized spacial score (nSPS) is 15.9. The number of amides is 2. The van der Waals surface area contributed by atoms with Crippen molar-refractivity contribution >= 4 is 47.6 Å². The van der Waals surface area contributed by atoms with Gasteiger partial charge in [-0.2, -0.15) is 0 Å². The van der Waals surface area contributed by atoms with Crippen LogP contribution in [0, 0.1) is 17.5 Å². The third kappa shape index (κ3) is 8.02. The number of aliphatic carboxylic acids is 1. The molecule has 2 atom stereocenters. The topological polar surface area (TPSA) is 125 Å². The third-order valence-corrected chi connectivity index (χ3v) is 7.06. The molecule has 0 radical (unpaired) electrons. The summed E-state index contributed by atoms with van der Waals surface area (Å²) < 4.78 is 40.5. The van der Waals surface area contributed by atoms with Gasteiger partial charge in [-0.1, -0.05) is 12.1 Å². The standard InChI is InChI=1S/C25H29F3N4O4S.ClH/c1-25(2,24(35)36)31-17-5-3-14(4-6-17)13-30-22(34)23-32(7-8-37-23)21(33)11-16(29)9-15-10-19(27)20(28)12-18(15)26;/h3-6,10,12,16,23,31H,7-9,11,13,29H2,1-2H3,(H,30,34)(H,35,36);1H/t16-,23+;/m1./s1. The Bertz CT molecular complexity index is 1170. The Morgan fingerprint density at radius 2 is 1.76 bits per heavy atom. The minimum Gasteiger partial charge on any atom is -0.480 e. The van der Waals surface area contributed by atoms with Crippen molar-refractivity contribution in [2.45, 2.75) is 50.2 Å². The molecule has 13 heteroatoms. The van der Waals surface area contributed by atoms with Gasteiger partial charge in [0, 0.05) is 43.1 Å². The summed E-state index contributed by atoms with van der Waals surface area (Å²) in [6, 6.07) is 7.25. The first-order valence-electron chi connectivity index (χ1n) is 11.6. The summed E-state index contributed by atoms with van der Waals surface area (Å²) in [5.74, 6) is -4.63. The van der Waals surface area contributed by atoms with Gasteiger partial charge in [0.15, 0.2) is 17.0 Å². The minimum absolute atomic E-state index is 0. The van der Waals surface area contributed by atoms with Gasteiger partial charge in [0.25, 0.3) is 5.91 Å². The zero-order chi connectivity index (χ0) is 27.3. The maximum absolute atomic E-state index is 13.9. The second kappa shape index (κ2) is 13.2. The summed E-state index contributed by atoms with van der Waals surface area (Å²) in [5.41, 5.74) is 6.11. The smallest absolute Gasteiger partial charge is 0.328 e. The Kier molecular flexibility index (Phi) is 10.9. The van der Waals surface area contributed by atoms with Crippen molar-refractivity contribution in [1.29, 1.82) is 0 Å². The van der Waals surface area contributed by atoms with Crippen molar-refractivity contribution in [3.05, 3.63) is 65.0 Å². The van der Waals surface area contributed by atoms with Crippen LogP contribution in [-0.2, 0) is 27.3 Å². The highest BCUT2D eigenvalue weighted by Crippen LogP contribution is 2.25. The van der Waals surface area contributed by atoms with Crippen LogP contribution in [0.5, 0.6) is 0 Å². The van der Waals surface area contributed by atoms with E-state index in [0.29, 0.717) is 24.1 Å². The molecule has 208 valence electrons. The van der Waals surface area contributed by atoms with Crippen molar-refractivity contribution < 1.29 is 32.7 Å². The fourth-order valence-electron chi connectivity index (χ4n) is 3.76. The molecule has 8 nitrogen and oxygen atoms in total. The number of nitrogens with two attached hydrogens (primary N) is 1. The molecule has 0 saturated carbocycles. The van der Waals surface area contributed by atoms with Gasteiger partial charge in [-0.25, -0.2) is 18.0 Å². The molecule has 1 fully saturated rings. The molecule has 0 aromatic heterocycles. The van der Waals surface area contributed by atoms with E-state index in [2.05, 4.69) is 10.6 Å². The summed E-state index contributed by atoms with van der Waals surface area (Å²) in [7, 11) is 0. The maximum Gasteiger partial charge on any atom is 0.328 e. The van der Waals surface area contributed by atoms with Crippen LogP contribution in [0.3, 0.4) is 0 Å². The summed E-state index contributed by atoms with van der Waals surface area (Å²) in [6.07, 6.45) is -0.356. The number of carboxylic acid groups (broad SMARTS) is 1. The molecular formula is C25H30ClF3N4O4S. The highest BCUT2D eigenvalue weighted by Gasteiger charge is 2.35. The van der Waals surface area contributed by atoms with Gasteiger partial charge in [0.2, 0.25) is 5.91 Å². The number of nitrogens with zero attached hydrogens (tertiary/aromatic N) is 1. The van der Waals surface area contributed by atoms with Crippen LogP contribution in [0.4, 0.5) is 18.9 Å². The van der Waals surface area contributed by atoms with E-state index in [0.717, 1.165) is 11.6 Å². The Morgan fingerprint density at radius 1 is 1.13 bits per heavy atom. The average Bonchev–Trinajstić information content (AvgIpc) is 3.32. The summed E-state index contributed by atoms with van der Waals surface area (Å²) in [4.78, 5) is 38.3. The summed E-state index contributed by atoms with van der Waals surface area (Å²) in [6.45, 7) is 3.64. The molecule has 0 aliphatic carbocycles. The van der Waals surface area contributed by atoms with Gasteiger partial charge in [-0.05, 0) is 49.6 Å². The van der Waals surface area contributed by atoms with Gasteiger partial charge in [-0.3, -0.25) is 9.59 Å². The number of thioether (sulfide) groups is 1. The fraction of sp³-hybridized carbons (Fsp3) is 0.400. The van der Waals surface area contributed by atoms with Crippen molar-refractivity contribution in [2.75, 3.05) is 17.6 Å². The number of benzene rings is 2. The second-order valence-electron chi connectivity index (χ2n) is 9.31. The lowest BCUT2D eigenvalue weighted by atomic mass is 10.0. The lowest BCUT2D eigenvalue weighted by molar-refractivity contribution is -0.141. The molecule has 0 spiro atoms. The lowest BCUT2D eigenvalue weighted by Crippen LogP contribution is -2.46. The Morgan fingerprint density at radius 3 is 2.39 bits per heavy atom. The number of rotatable bonds is 10. The average molecular weight is 575 g/mol. The molecule has 38 heavy (non-hydrogen) atoms.